The topological polar surface area (TPSA) is 76.7 Å². The highest BCUT2D eigenvalue weighted by Gasteiger charge is 2.33. The zero-order valence-corrected chi connectivity index (χ0v) is 11.3. The summed E-state index contributed by atoms with van der Waals surface area (Å²) in [5.41, 5.74) is 4.21. The van der Waals surface area contributed by atoms with Gasteiger partial charge in [-0.15, -0.1) is 11.3 Å². The van der Waals surface area contributed by atoms with Crippen LogP contribution in [0.25, 0.3) is 0 Å². The largest absolute Gasteiger partial charge is 0.433 e. The molecule has 2 aromatic heterocycles. The first-order valence-corrected chi connectivity index (χ1v) is 6.59. The van der Waals surface area contributed by atoms with Crippen LogP contribution in [-0.4, -0.2) is 15.0 Å². The first-order valence-electron chi connectivity index (χ1n) is 5.77. The zero-order chi connectivity index (χ0) is 14.8. The third kappa shape index (κ3) is 3.56. The highest BCUT2D eigenvalue weighted by molar-refractivity contribution is 7.11. The molecule has 0 radical (unpaired) electrons. The average molecular weight is 303 g/mol. The van der Waals surface area contributed by atoms with E-state index in [-0.39, 0.29) is 5.82 Å². The molecule has 20 heavy (non-hydrogen) atoms. The van der Waals surface area contributed by atoms with Crippen LogP contribution in [0.3, 0.4) is 0 Å². The van der Waals surface area contributed by atoms with Gasteiger partial charge in [-0.2, -0.15) is 18.2 Å². The lowest BCUT2D eigenvalue weighted by Crippen LogP contribution is -2.12. The van der Waals surface area contributed by atoms with Crippen molar-refractivity contribution < 1.29 is 13.2 Å². The maximum atomic E-state index is 12.6. The molecule has 0 saturated heterocycles. The highest BCUT2D eigenvalue weighted by atomic mass is 32.1. The number of hydrogen-bond acceptors (Lipinski definition) is 6. The molecule has 0 unspecified atom stereocenters. The van der Waals surface area contributed by atoms with Crippen LogP contribution >= 0.6 is 11.3 Å². The minimum atomic E-state index is -4.55. The van der Waals surface area contributed by atoms with Gasteiger partial charge in [0.1, 0.15) is 10.8 Å². The van der Waals surface area contributed by atoms with Crippen molar-refractivity contribution in [3.8, 4) is 0 Å². The maximum absolute atomic E-state index is 12.6. The standard InChI is InChI=1S/C11H12F3N5S/c1-2-6-4-17-9(20-6)5-16-8-3-7(11(12,13)14)18-10(15)19-8/h3-4H,2,5H2,1H3,(H3,15,16,18,19). The molecule has 2 rings (SSSR count). The molecule has 0 aliphatic heterocycles. The Morgan fingerprint density at radius 1 is 1.35 bits per heavy atom. The average Bonchev–Trinajstić information content (AvgIpc) is 2.82. The van der Waals surface area contributed by atoms with Crippen molar-refractivity contribution in [1.82, 2.24) is 15.0 Å². The van der Waals surface area contributed by atoms with E-state index in [9.17, 15) is 13.2 Å². The number of rotatable bonds is 4. The summed E-state index contributed by atoms with van der Waals surface area (Å²) in [6, 6.07) is 0.824. The van der Waals surface area contributed by atoms with Crippen LogP contribution in [-0.2, 0) is 19.1 Å². The number of aromatic nitrogens is 3. The van der Waals surface area contributed by atoms with Crippen LogP contribution in [0.1, 0.15) is 22.5 Å². The van der Waals surface area contributed by atoms with E-state index in [1.54, 1.807) is 6.20 Å². The van der Waals surface area contributed by atoms with Crippen molar-refractivity contribution in [2.45, 2.75) is 26.1 Å². The van der Waals surface area contributed by atoms with E-state index in [1.807, 2.05) is 6.92 Å². The Bertz CT molecular complexity index is 596. The second kappa shape index (κ2) is 5.61. The number of hydrogen-bond donors (Lipinski definition) is 2. The molecule has 3 N–H and O–H groups in total. The summed E-state index contributed by atoms with van der Waals surface area (Å²) in [6.45, 7) is 2.30. The number of alkyl halides is 3. The van der Waals surface area contributed by atoms with Gasteiger partial charge < -0.3 is 11.1 Å². The molecular formula is C11H12F3N5S. The van der Waals surface area contributed by atoms with Gasteiger partial charge in [0.05, 0.1) is 6.54 Å². The first kappa shape index (κ1) is 14.5. The van der Waals surface area contributed by atoms with Gasteiger partial charge in [0.2, 0.25) is 5.95 Å². The molecule has 0 fully saturated rings. The van der Waals surface area contributed by atoms with E-state index in [0.717, 1.165) is 22.4 Å². The fourth-order valence-corrected chi connectivity index (χ4v) is 2.26. The summed E-state index contributed by atoms with van der Waals surface area (Å²) >= 11 is 1.50. The van der Waals surface area contributed by atoms with Gasteiger partial charge >= 0.3 is 6.18 Å². The lowest BCUT2D eigenvalue weighted by Gasteiger charge is -2.09. The number of thiazole rings is 1. The smallest absolute Gasteiger partial charge is 0.368 e. The molecule has 0 bridgehead atoms. The molecule has 0 aromatic carbocycles. The van der Waals surface area contributed by atoms with Crippen molar-refractivity contribution in [3.05, 3.63) is 27.8 Å². The van der Waals surface area contributed by atoms with E-state index in [1.165, 1.54) is 11.3 Å². The quantitative estimate of drug-likeness (QED) is 0.908. The van der Waals surface area contributed by atoms with Gasteiger partial charge in [0.15, 0.2) is 5.69 Å². The number of aryl methyl sites for hydroxylation is 1. The molecule has 0 spiro atoms. The number of nitrogen functional groups attached to an aromatic ring is 1. The van der Waals surface area contributed by atoms with Gasteiger partial charge in [-0.3, -0.25) is 0 Å². The summed E-state index contributed by atoms with van der Waals surface area (Å²) in [5, 5.41) is 3.54. The van der Waals surface area contributed by atoms with Crippen molar-refractivity contribution in [2.24, 2.45) is 0 Å². The Kier molecular flexibility index (Phi) is 4.07. The number of anilines is 2. The van der Waals surface area contributed by atoms with Gasteiger partial charge in [0.25, 0.3) is 0 Å². The molecule has 9 heteroatoms. The Labute approximate surface area is 117 Å². The van der Waals surface area contributed by atoms with Crippen LogP contribution in [0.15, 0.2) is 12.3 Å². The van der Waals surface area contributed by atoms with Crippen LogP contribution in [0, 0.1) is 0 Å². The van der Waals surface area contributed by atoms with Crippen LogP contribution in [0.2, 0.25) is 0 Å². The van der Waals surface area contributed by atoms with E-state index < -0.39 is 17.8 Å². The van der Waals surface area contributed by atoms with Gasteiger partial charge in [0, 0.05) is 17.1 Å². The van der Waals surface area contributed by atoms with Gasteiger partial charge in [-0.25, -0.2) is 9.97 Å². The molecule has 2 aromatic rings. The maximum Gasteiger partial charge on any atom is 0.433 e. The molecule has 108 valence electrons. The summed E-state index contributed by atoms with van der Waals surface area (Å²) in [5.74, 6) is -0.395. The van der Waals surface area contributed by atoms with E-state index in [2.05, 4.69) is 20.3 Å². The van der Waals surface area contributed by atoms with Gasteiger partial charge in [-0.05, 0) is 6.42 Å². The summed E-state index contributed by atoms with van der Waals surface area (Å²) < 4.78 is 37.7. The van der Waals surface area contributed by atoms with Gasteiger partial charge in [-0.1, -0.05) is 6.92 Å². The molecule has 0 saturated carbocycles. The van der Waals surface area contributed by atoms with Crippen molar-refractivity contribution in [1.29, 1.82) is 0 Å². The second-order valence-electron chi connectivity index (χ2n) is 3.92. The third-order valence-electron chi connectivity index (χ3n) is 2.40. The fraction of sp³-hybridized carbons (Fsp3) is 0.364. The predicted octanol–water partition coefficient (Wildman–Crippen LogP) is 2.71. The summed E-state index contributed by atoms with van der Waals surface area (Å²) in [4.78, 5) is 12.2. The Morgan fingerprint density at radius 2 is 2.10 bits per heavy atom. The van der Waals surface area contributed by atoms with Crippen LogP contribution < -0.4 is 11.1 Å². The van der Waals surface area contributed by atoms with E-state index in [4.69, 9.17) is 5.73 Å². The molecule has 0 aliphatic carbocycles. The van der Waals surface area contributed by atoms with E-state index >= 15 is 0 Å². The number of nitrogens with zero attached hydrogens (tertiary/aromatic N) is 3. The minimum absolute atomic E-state index is 0.0260. The second-order valence-corrected chi connectivity index (χ2v) is 5.12. The summed E-state index contributed by atoms with van der Waals surface area (Å²) in [7, 11) is 0. The van der Waals surface area contributed by atoms with E-state index in [0.29, 0.717) is 6.54 Å². The third-order valence-corrected chi connectivity index (χ3v) is 3.55. The van der Waals surface area contributed by atoms with Crippen molar-refractivity contribution >= 4 is 23.1 Å². The molecule has 0 aliphatic rings. The molecule has 5 nitrogen and oxygen atoms in total. The zero-order valence-electron chi connectivity index (χ0n) is 10.5. The Balaban J connectivity index is 2.11. The number of nitrogens with one attached hydrogen (secondary N) is 1. The molecule has 0 atom stereocenters. The van der Waals surface area contributed by atoms with Crippen molar-refractivity contribution in [2.75, 3.05) is 11.1 Å². The van der Waals surface area contributed by atoms with Crippen LogP contribution in [0.5, 0.6) is 0 Å². The fourth-order valence-electron chi connectivity index (χ4n) is 1.46. The van der Waals surface area contributed by atoms with Crippen LogP contribution in [0.4, 0.5) is 24.9 Å². The molecular weight excluding hydrogens is 291 g/mol. The molecule has 0 amide bonds. The first-order chi connectivity index (χ1) is 9.38. The SMILES string of the molecule is CCc1cnc(CNc2cc(C(F)(F)F)nc(N)n2)s1. The monoisotopic (exact) mass is 303 g/mol. The normalized spacial score (nSPS) is 11.6. The number of nitrogens with two attached hydrogens (primary N) is 1. The summed E-state index contributed by atoms with van der Waals surface area (Å²) in [6.07, 6.45) is -1.93. The Morgan fingerprint density at radius 3 is 2.70 bits per heavy atom. The Hall–Kier alpha value is -1.90. The highest BCUT2D eigenvalue weighted by Crippen LogP contribution is 2.29. The number of halogens is 3. The van der Waals surface area contributed by atoms with Crippen molar-refractivity contribution in [3.63, 3.8) is 0 Å². The lowest BCUT2D eigenvalue weighted by atomic mass is 10.4. The lowest BCUT2D eigenvalue weighted by molar-refractivity contribution is -0.141. The predicted molar refractivity (Wildman–Crippen MR) is 70.3 cm³/mol. The minimum Gasteiger partial charge on any atom is -0.368 e. The molecule has 2 heterocycles.